The normalized spacial score (nSPS) is 23.9. The summed E-state index contributed by atoms with van der Waals surface area (Å²) in [5.74, 6) is 0.176. The highest BCUT2D eigenvalue weighted by molar-refractivity contribution is 5.75. The van der Waals surface area contributed by atoms with Gasteiger partial charge in [-0.15, -0.1) is 0 Å². The van der Waals surface area contributed by atoms with Crippen LogP contribution in [0.15, 0.2) is 0 Å². The summed E-state index contributed by atoms with van der Waals surface area (Å²) in [6.45, 7) is 2.69. The van der Waals surface area contributed by atoms with Crippen molar-refractivity contribution in [2.75, 3.05) is 19.7 Å². The minimum Gasteiger partial charge on any atom is -0.378 e. The Balaban J connectivity index is 1.41. The van der Waals surface area contributed by atoms with Gasteiger partial charge in [-0.1, -0.05) is 0 Å². The van der Waals surface area contributed by atoms with E-state index in [1.54, 1.807) is 0 Å². The van der Waals surface area contributed by atoms with Crippen molar-refractivity contribution >= 4 is 5.91 Å². The Morgan fingerprint density at radius 2 is 2.06 bits per heavy atom. The molecule has 1 aliphatic carbocycles. The minimum atomic E-state index is 0.176. The molecule has 1 atom stereocenters. The fourth-order valence-electron chi connectivity index (χ4n) is 2.33. The molecule has 2 fully saturated rings. The van der Waals surface area contributed by atoms with Crippen LogP contribution in [-0.4, -0.2) is 37.7 Å². The fraction of sp³-hybridized carbons (Fsp3) is 0.929. The van der Waals surface area contributed by atoms with Crippen LogP contribution < -0.4 is 10.6 Å². The second-order valence-electron chi connectivity index (χ2n) is 5.46. The lowest BCUT2D eigenvalue weighted by atomic mass is 10.0. The maximum Gasteiger partial charge on any atom is 0.220 e. The number of hydrogen-bond donors (Lipinski definition) is 2. The first kappa shape index (κ1) is 13.8. The van der Waals surface area contributed by atoms with Gasteiger partial charge in [-0.2, -0.15) is 0 Å². The number of rotatable bonds is 8. The lowest BCUT2D eigenvalue weighted by molar-refractivity contribution is -0.122. The van der Waals surface area contributed by atoms with E-state index >= 15 is 0 Å². The van der Waals surface area contributed by atoms with Crippen molar-refractivity contribution in [1.29, 1.82) is 0 Å². The Hall–Kier alpha value is -0.610. The van der Waals surface area contributed by atoms with E-state index in [2.05, 4.69) is 10.6 Å². The van der Waals surface area contributed by atoms with E-state index in [0.29, 0.717) is 12.5 Å². The van der Waals surface area contributed by atoms with E-state index in [9.17, 15) is 4.79 Å². The largest absolute Gasteiger partial charge is 0.378 e. The average Bonchev–Trinajstić information content (AvgIpc) is 3.21. The monoisotopic (exact) mass is 254 g/mol. The number of carbonyl (C=O) groups excluding carboxylic acids is 1. The molecule has 2 aliphatic rings. The summed E-state index contributed by atoms with van der Waals surface area (Å²) in [6.07, 6.45) is 9.05. The zero-order valence-corrected chi connectivity index (χ0v) is 11.2. The molecule has 4 nitrogen and oxygen atoms in total. The molecular weight excluding hydrogens is 228 g/mol. The SMILES string of the molecule is O=C(CCC1CCCCO1)NCCCNC1CC1. The van der Waals surface area contributed by atoms with Crippen molar-refractivity contribution in [1.82, 2.24) is 10.6 Å². The molecule has 4 heteroatoms. The average molecular weight is 254 g/mol. The Bertz CT molecular complexity index is 248. The smallest absolute Gasteiger partial charge is 0.220 e. The number of ether oxygens (including phenoxy) is 1. The third kappa shape index (κ3) is 5.83. The highest BCUT2D eigenvalue weighted by Gasteiger charge is 2.19. The molecule has 2 N–H and O–H groups in total. The zero-order chi connectivity index (χ0) is 12.6. The summed E-state index contributed by atoms with van der Waals surface area (Å²) in [6, 6.07) is 0.768. The maximum atomic E-state index is 11.6. The molecule has 1 heterocycles. The van der Waals surface area contributed by atoms with Gasteiger partial charge >= 0.3 is 0 Å². The highest BCUT2D eigenvalue weighted by Crippen LogP contribution is 2.18. The molecular formula is C14H26N2O2. The van der Waals surface area contributed by atoms with Crippen LogP contribution in [0.1, 0.15) is 51.4 Å². The maximum absolute atomic E-state index is 11.6. The summed E-state index contributed by atoms with van der Waals surface area (Å²) < 4.78 is 5.61. The number of amides is 1. The van der Waals surface area contributed by atoms with Gasteiger partial charge in [0.15, 0.2) is 0 Å². The fourth-order valence-corrected chi connectivity index (χ4v) is 2.33. The summed E-state index contributed by atoms with van der Waals surface area (Å²) in [7, 11) is 0. The Kier molecular flexibility index (Phi) is 5.94. The Labute approximate surface area is 110 Å². The summed E-state index contributed by atoms with van der Waals surface area (Å²) in [5.41, 5.74) is 0. The second kappa shape index (κ2) is 7.74. The van der Waals surface area contributed by atoms with E-state index in [1.165, 1.54) is 25.7 Å². The Morgan fingerprint density at radius 1 is 1.17 bits per heavy atom. The van der Waals surface area contributed by atoms with Gasteiger partial charge in [0.05, 0.1) is 6.10 Å². The Morgan fingerprint density at radius 3 is 2.78 bits per heavy atom. The summed E-state index contributed by atoms with van der Waals surface area (Å²) in [5, 5.41) is 6.42. The molecule has 1 saturated carbocycles. The molecule has 0 radical (unpaired) electrons. The van der Waals surface area contributed by atoms with E-state index in [-0.39, 0.29) is 5.91 Å². The van der Waals surface area contributed by atoms with Gasteiger partial charge in [-0.05, 0) is 51.5 Å². The van der Waals surface area contributed by atoms with E-state index in [1.807, 2.05) is 0 Å². The van der Waals surface area contributed by atoms with Crippen molar-refractivity contribution in [2.24, 2.45) is 0 Å². The molecule has 1 aliphatic heterocycles. The van der Waals surface area contributed by atoms with E-state index in [4.69, 9.17) is 4.74 Å². The zero-order valence-electron chi connectivity index (χ0n) is 11.2. The second-order valence-corrected chi connectivity index (χ2v) is 5.46. The molecule has 1 unspecified atom stereocenters. The lowest BCUT2D eigenvalue weighted by Crippen LogP contribution is -2.29. The van der Waals surface area contributed by atoms with Gasteiger partial charge < -0.3 is 15.4 Å². The van der Waals surface area contributed by atoms with Crippen LogP contribution in [0.5, 0.6) is 0 Å². The lowest BCUT2D eigenvalue weighted by Gasteiger charge is -2.22. The van der Waals surface area contributed by atoms with Crippen molar-refractivity contribution < 1.29 is 9.53 Å². The van der Waals surface area contributed by atoms with Crippen molar-refractivity contribution in [3.05, 3.63) is 0 Å². The van der Waals surface area contributed by atoms with Crippen LogP contribution in [0.4, 0.5) is 0 Å². The van der Waals surface area contributed by atoms with Gasteiger partial charge in [0.1, 0.15) is 0 Å². The molecule has 0 aromatic heterocycles. The van der Waals surface area contributed by atoms with Crippen LogP contribution in [0.2, 0.25) is 0 Å². The predicted molar refractivity (Wildman–Crippen MR) is 71.5 cm³/mol. The highest BCUT2D eigenvalue weighted by atomic mass is 16.5. The topological polar surface area (TPSA) is 50.4 Å². The van der Waals surface area contributed by atoms with Crippen LogP contribution >= 0.6 is 0 Å². The summed E-state index contributed by atoms with van der Waals surface area (Å²) in [4.78, 5) is 11.6. The van der Waals surface area contributed by atoms with E-state index in [0.717, 1.165) is 45.0 Å². The van der Waals surface area contributed by atoms with Crippen molar-refractivity contribution in [3.63, 3.8) is 0 Å². The number of carbonyl (C=O) groups is 1. The molecule has 2 rings (SSSR count). The van der Waals surface area contributed by atoms with Crippen LogP contribution in [0.25, 0.3) is 0 Å². The van der Waals surface area contributed by atoms with Gasteiger partial charge in [0, 0.05) is 25.6 Å². The van der Waals surface area contributed by atoms with Gasteiger partial charge in [-0.3, -0.25) is 4.79 Å². The minimum absolute atomic E-state index is 0.176. The van der Waals surface area contributed by atoms with E-state index < -0.39 is 0 Å². The van der Waals surface area contributed by atoms with Gasteiger partial charge in [0.2, 0.25) is 5.91 Å². The van der Waals surface area contributed by atoms with Gasteiger partial charge in [-0.25, -0.2) is 0 Å². The first-order chi connectivity index (χ1) is 8.84. The van der Waals surface area contributed by atoms with Crippen molar-refractivity contribution in [2.45, 2.75) is 63.5 Å². The van der Waals surface area contributed by atoms with Crippen LogP contribution in [-0.2, 0) is 9.53 Å². The quantitative estimate of drug-likeness (QED) is 0.647. The van der Waals surface area contributed by atoms with Gasteiger partial charge in [0.25, 0.3) is 0 Å². The number of hydrogen-bond acceptors (Lipinski definition) is 3. The molecule has 18 heavy (non-hydrogen) atoms. The van der Waals surface area contributed by atoms with Crippen molar-refractivity contribution in [3.8, 4) is 0 Å². The first-order valence-electron chi connectivity index (χ1n) is 7.46. The molecule has 0 spiro atoms. The standard InChI is InChI=1S/C14H26N2O2/c17-14(8-7-13-4-1-2-11-18-13)16-10-3-9-15-12-5-6-12/h12-13,15H,1-11H2,(H,16,17). The van der Waals surface area contributed by atoms with Crippen LogP contribution in [0, 0.1) is 0 Å². The third-order valence-corrected chi connectivity index (χ3v) is 3.65. The summed E-state index contributed by atoms with van der Waals surface area (Å²) >= 11 is 0. The molecule has 0 aromatic carbocycles. The predicted octanol–water partition coefficient (Wildman–Crippen LogP) is 1.59. The molecule has 1 saturated heterocycles. The molecule has 0 bridgehead atoms. The third-order valence-electron chi connectivity index (χ3n) is 3.65. The van der Waals surface area contributed by atoms with Crippen LogP contribution in [0.3, 0.4) is 0 Å². The molecule has 0 aromatic rings. The first-order valence-corrected chi connectivity index (χ1v) is 7.46. The molecule has 104 valence electrons. The molecule has 1 amide bonds. The number of nitrogens with one attached hydrogen (secondary N) is 2.